The first-order valence-electron chi connectivity index (χ1n) is 8.06. The van der Waals surface area contributed by atoms with Gasteiger partial charge in [0.2, 0.25) is 5.91 Å². The van der Waals surface area contributed by atoms with E-state index in [1.54, 1.807) is 0 Å². The molecular formula is C18H29ClN2O. The summed E-state index contributed by atoms with van der Waals surface area (Å²) >= 11 is 0. The van der Waals surface area contributed by atoms with Gasteiger partial charge in [-0.3, -0.25) is 4.79 Å². The first kappa shape index (κ1) is 19.0. The first-order valence-corrected chi connectivity index (χ1v) is 8.06. The third-order valence-corrected chi connectivity index (χ3v) is 4.55. The second kappa shape index (κ2) is 7.98. The molecule has 0 radical (unpaired) electrons. The Morgan fingerprint density at radius 3 is 1.95 bits per heavy atom. The molecule has 1 aliphatic heterocycles. The van der Waals surface area contributed by atoms with Crippen LogP contribution in [0.1, 0.15) is 57.6 Å². The van der Waals surface area contributed by atoms with Crippen LogP contribution in [0.15, 0.2) is 18.2 Å². The van der Waals surface area contributed by atoms with Crippen molar-refractivity contribution in [2.24, 2.45) is 11.8 Å². The number of para-hydroxylation sites is 1. The SMILES string of the molecule is CC(C)c1cccc(C(C)C)c1NC(=O)C(C)C1CNC1.Cl. The number of hydrogen-bond donors (Lipinski definition) is 2. The normalized spacial score (nSPS) is 16.1. The van der Waals surface area contributed by atoms with Crippen molar-refractivity contribution in [3.8, 4) is 0 Å². The molecule has 1 amide bonds. The molecule has 0 spiro atoms. The molecule has 2 rings (SSSR count). The number of anilines is 1. The van der Waals surface area contributed by atoms with Crippen LogP contribution >= 0.6 is 12.4 Å². The molecule has 22 heavy (non-hydrogen) atoms. The van der Waals surface area contributed by atoms with Crippen molar-refractivity contribution in [2.75, 3.05) is 18.4 Å². The smallest absolute Gasteiger partial charge is 0.227 e. The van der Waals surface area contributed by atoms with E-state index in [2.05, 4.69) is 56.5 Å². The largest absolute Gasteiger partial charge is 0.325 e. The van der Waals surface area contributed by atoms with Gasteiger partial charge in [-0.25, -0.2) is 0 Å². The molecule has 1 aromatic carbocycles. The number of amides is 1. The summed E-state index contributed by atoms with van der Waals surface area (Å²) in [4.78, 5) is 12.6. The highest BCUT2D eigenvalue weighted by Crippen LogP contribution is 2.33. The Morgan fingerprint density at radius 2 is 1.59 bits per heavy atom. The van der Waals surface area contributed by atoms with Gasteiger partial charge >= 0.3 is 0 Å². The van der Waals surface area contributed by atoms with E-state index in [0.29, 0.717) is 17.8 Å². The molecule has 0 aromatic heterocycles. The van der Waals surface area contributed by atoms with Crippen LogP contribution in [0.3, 0.4) is 0 Å². The molecule has 1 aliphatic rings. The van der Waals surface area contributed by atoms with Crippen LogP contribution < -0.4 is 10.6 Å². The maximum absolute atomic E-state index is 12.6. The molecule has 4 heteroatoms. The fourth-order valence-corrected chi connectivity index (χ4v) is 2.81. The number of carbonyl (C=O) groups excluding carboxylic acids is 1. The molecule has 0 saturated carbocycles. The lowest BCUT2D eigenvalue weighted by atomic mass is 9.87. The molecule has 1 unspecified atom stereocenters. The van der Waals surface area contributed by atoms with Crippen molar-refractivity contribution in [1.82, 2.24) is 5.32 Å². The molecule has 124 valence electrons. The zero-order valence-electron chi connectivity index (χ0n) is 14.3. The highest BCUT2D eigenvalue weighted by atomic mass is 35.5. The Balaban J connectivity index is 0.00000242. The van der Waals surface area contributed by atoms with Crippen molar-refractivity contribution < 1.29 is 4.79 Å². The van der Waals surface area contributed by atoms with Gasteiger partial charge in [0.15, 0.2) is 0 Å². The van der Waals surface area contributed by atoms with Gasteiger partial charge in [-0.2, -0.15) is 0 Å². The number of rotatable bonds is 5. The average molecular weight is 325 g/mol. The Labute approximate surface area is 140 Å². The van der Waals surface area contributed by atoms with Crippen molar-refractivity contribution in [3.63, 3.8) is 0 Å². The van der Waals surface area contributed by atoms with E-state index < -0.39 is 0 Å². The Morgan fingerprint density at radius 1 is 1.09 bits per heavy atom. The molecular weight excluding hydrogens is 296 g/mol. The summed E-state index contributed by atoms with van der Waals surface area (Å²) in [6.45, 7) is 12.6. The Hall–Kier alpha value is -1.06. The van der Waals surface area contributed by atoms with Gasteiger partial charge in [-0.05, 0) is 42.0 Å². The van der Waals surface area contributed by atoms with E-state index in [9.17, 15) is 4.79 Å². The Bertz CT molecular complexity index is 484. The van der Waals surface area contributed by atoms with Gasteiger partial charge in [-0.1, -0.05) is 52.8 Å². The minimum Gasteiger partial charge on any atom is -0.325 e. The minimum atomic E-state index is 0. The van der Waals surface area contributed by atoms with Crippen LogP contribution in [0.2, 0.25) is 0 Å². The first-order chi connectivity index (χ1) is 9.91. The number of nitrogens with one attached hydrogen (secondary N) is 2. The molecule has 1 atom stereocenters. The number of benzene rings is 1. The predicted octanol–water partition coefficient (Wildman–Crippen LogP) is 4.15. The molecule has 0 aliphatic carbocycles. The van der Waals surface area contributed by atoms with Gasteiger partial charge < -0.3 is 10.6 Å². The summed E-state index contributed by atoms with van der Waals surface area (Å²) < 4.78 is 0. The second-order valence-electron chi connectivity index (χ2n) is 6.82. The third kappa shape index (κ3) is 4.02. The number of carbonyl (C=O) groups is 1. The Kier molecular flexibility index (Phi) is 6.89. The highest BCUT2D eigenvalue weighted by molar-refractivity contribution is 5.94. The zero-order chi connectivity index (χ0) is 15.6. The lowest BCUT2D eigenvalue weighted by molar-refractivity contribution is -0.121. The van der Waals surface area contributed by atoms with E-state index in [4.69, 9.17) is 0 Å². The van der Waals surface area contributed by atoms with Crippen molar-refractivity contribution in [3.05, 3.63) is 29.3 Å². The van der Waals surface area contributed by atoms with Crippen LogP contribution in [0.4, 0.5) is 5.69 Å². The molecule has 3 nitrogen and oxygen atoms in total. The summed E-state index contributed by atoms with van der Waals surface area (Å²) in [7, 11) is 0. The number of halogens is 1. The maximum atomic E-state index is 12.6. The lowest BCUT2D eigenvalue weighted by Crippen LogP contribution is -2.48. The zero-order valence-corrected chi connectivity index (χ0v) is 15.1. The van der Waals surface area contributed by atoms with E-state index >= 15 is 0 Å². The van der Waals surface area contributed by atoms with Crippen LogP contribution in [0.25, 0.3) is 0 Å². The summed E-state index contributed by atoms with van der Waals surface area (Å²) in [6, 6.07) is 6.35. The van der Waals surface area contributed by atoms with Gasteiger partial charge in [0.25, 0.3) is 0 Å². The molecule has 2 N–H and O–H groups in total. The average Bonchev–Trinajstić information content (AvgIpc) is 2.36. The molecule has 1 heterocycles. The van der Waals surface area contributed by atoms with Crippen LogP contribution in [0.5, 0.6) is 0 Å². The number of hydrogen-bond acceptors (Lipinski definition) is 2. The topological polar surface area (TPSA) is 41.1 Å². The van der Waals surface area contributed by atoms with Gasteiger partial charge in [0.05, 0.1) is 0 Å². The van der Waals surface area contributed by atoms with Crippen molar-refractivity contribution in [2.45, 2.75) is 46.5 Å². The van der Waals surface area contributed by atoms with Crippen LogP contribution in [0, 0.1) is 11.8 Å². The summed E-state index contributed by atoms with van der Waals surface area (Å²) in [5.41, 5.74) is 3.49. The van der Waals surface area contributed by atoms with Crippen LogP contribution in [-0.2, 0) is 4.79 Å². The summed E-state index contributed by atoms with van der Waals surface area (Å²) in [5, 5.41) is 6.46. The minimum absolute atomic E-state index is 0. The van der Waals surface area contributed by atoms with Crippen molar-refractivity contribution in [1.29, 1.82) is 0 Å². The van der Waals surface area contributed by atoms with E-state index in [1.807, 2.05) is 6.92 Å². The molecule has 1 fully saturated rings. The third-order valence-electron chi connectivity index (χ3n) is 4.55. The fraction of sp³-hybridized carbons (Fsp3) is 0.611. The molecule has 1 saturated heterocycles. The summed E-state index contributed by atoms with van der Waals surface area (Å²) in [6.07, 6.45) is 0. The monoisotopic (exact) mass is 324 g/mol. The summed E-state index contributed by atoms with van der Waals surface area (Å²) in [5.74, 6) is 1.49. The quantitative estimate of drug-likeness (QED) is 0.854. The predicted molar refractivity (Wildman–Crippen MR) is 96.0 cm³/mol. The van der Waals surface area contributed by atoms with E-state index in [1.165, 1.54) is 11.1 Å². The van der Waals surface area contributed by atoms with Gasteiger partial charge in [-0.15, -0.1) is 12.4 Å². The highest BCUT2D eigenvalue weighted by Gasteiger charge is 2.29. The second-order valence-corrected chi connectivity index (χ2v) is 6.82. The standard InChI is InChI=1S/C18H28N2O.ClH/c1-11(2)15-7-6-8-16(12(3)4)17(15)20-18(21)13(5)14-9-19-10-14;/h6-8,11-14,19H,9-10H2,1-5H3,(H,20,21);1H. The van der Waals surface area contributed by atoms with Gasteiger partial charge in [0, 0.05) is 11.6 Å². The van der Waals surface area contributed by atoms with E-state index in [-0.39, 0.29) is 24.2 Å². The van der Waals surface area contributed by atoms with Gasteiger partial charge in [0.1, 0.15) is 0 Å². The molecule has 0 bridgehead atoms. The van der Waals surface area contributed by atoms with E-state index in [0.717, 1.165) is 18.8 Å². The van der Waals surface area contributed by atoms with Crippen molar-refractivity contribution >= 4 is 24.0 Å². The molecule has 1 aromatic rings. The fourth-order valence-electron chi connectivity index (χ4n) is 2.81. The maximum Gasteiger partial charge on any atom is 0.227 e. The van der Waals surface area contributed by atoms with Crippen LogP contribution in [-0.4, -0.2) is 19.0 Å². The lowest BCUT2D eigenvalue weighted by Gasteiger charge is -2.32.